The van der Waals surface area contributed by atoms with Crippen LogP contribution in [0.15, 0.2) is 66.0 Å². The molecule has 14 nitrogen and oxygen atoms in total. The van der Waals surface area contributed by atoms with Gasteiger partial charge in [0.15, 0.2) is 0 Å². The summed E-state index contributed by atoms with van der Waals surface area (Å²) in [6.45, 7) is 3.78. The van der Waals surface area contributed by atoms with E-state index in [2.05, 4.69) is 20.9 Å². The van der Waals surface area contributed by atoms with Crippen molar-refractivity contribution in [2.45, 2.75) is 25.8 Å². The molecule has 1 saturated heterocycles. The minimum Gasteiger partial charge on any atom is -0.543 e. The maximum absolute atomic E-state index is 13.4. The van der Waals surface area contributed by atoms with E-state index in [0.29, 0.717) is 23.9 Å². The quantitative estimate of drug-likeness (QED) is 0.143. The number of Topliss-reactive ketones (excluding diaryl/α,β-unsaturated/α-hetero) is 1. The van der Waals surface area contributed by atoms with Crippen LogP contribution in [0.4, 0.5) is 4.39 Å². The highest BCUT2D eigenvalue weighted by Crippen LogP contribution is 2.25. The van der Waals surface area contributed by atoms with E-state index in [4.69, 9.17) is 44.6 Å². The third kappa shape index (κ3) is 11.4. The van der Waals surface area contributed by atoms with Crippen molar-refractivity contribution in [2.75, 3.05) is 26.2 Å². The molecule has 1 aliphatic rings. The van der Waals surface area contributed by atoms with Crippen LogP contribution in [0.3, 0.4) is 0 Å². The number of piperidine rings is 1. The van der Waals surface area contributed by atoms with Gasteiger partial charge in [-0.15, -0.1) is 11.3 Å². The number of carbonyl (C=O) groups excluding carboxylic acids is 6. The number of benzene rings is 2. The molecule has 1 amide bonds. The summed E-state index contributed by atoms with van der Waals surface area (Å²) in [5.41, 5.74) is 3.14. The van der Waals surface area contributed by atoms with Gasteiger partial charge in [-0.3, -0.25) is 9.59 Å². The number of fused-ring (bicyclic) bond motifs is 1. The van der Waals surface area contributed by atoms with Crippen molar-refractivity contribution in [3.63, 3.8) is 0 Å². The summed E-state index contributed by atoms with van der Waals surface area (Å²) in [5, 5.41) is 40.3. The van der Waals surface area contributed by atoms with Crippen molar-refractivity contribution in [3.8, 4) is 0 Å². The van der Waals surface area contributed by atoms with Crippen LogP contribution in [0.1, 0.15) is 33.9 Å². The SMILES string of the molecule is O=C(NCCN1CCC(Cc2nc3ccccc3n2Cc2ccc(F)cc2)CC1)C(=O)c1cccs1.O=C([O-])C(=O)[O-].O=C([O-])C(=O)[O-]. The Hall–Kier alpha value is -5.48. The highest BCUT2D eigenvalue weighted by molar-refractivity contribution is 7.13. The number of carboxylic acids is 4. The Bertz CT molecular complexity index is 1690. The highest BCUT2D eigenvalue weighted by Gasteiger charge is 2.23. The monoisotopic (exact) mass is 680 g/mol. The average molecular weight is 681 g/mol. The van der Waals surface area contributed by atoms with E-state index >= 15 is 0 Å². The molecule has 48 heavy (non-hydrogen) atoms. The van der Waals surface area contributed by atoms with Gasteiger partial charge in [-0.25, -0.2) is 9.37 Å². The number of nitrogens with one attached hydrogen (secondary N) is 1. The largest absolute Gasteiger partial charge is 0.543 e. The molecule has 2 aromatic heterocycles. The van der Waals surface area contributed by atoms with Gasteiger partial charge >= 0.3 is 0 Å². The summed E-state index contributed by atoms with van der Waals surface area (Å²) in [5.74, 6) is -8.37. The molecular weight excluding hydrogens is 651 g/mol. The fourth-order valence-electron chi connectivity index (χ4n) is 4.83. The van der Waals surface area contributed by atoms with Crippen molar-refractivity contribution < 1.29 is 53.6 Å². The summed E-state index contributed by atoms with van der Waals surface area (Å²) >= 11 is 1.28. The number of carbonyl (C=O) groups is 6. The van der Waals surface area contributed by atoms with Gasteiger partial charge in [-0.2, -0.15) is 0 Å². The molecule has 4 aromatic rings. The summed E-state index contributed by atoms with van der Waals surface area (Å²) in [6, 6.07) is 18.3. The number of ketones is 1. The van der Waals surface area contributed by atoms with Crippen molar-refractivity contribution in [3.05, 3.63) is 88.1 Å². The number of rotatable bonds is 9. The summed E-state index contributed by atoms with van der Waals surface area (Å²) in [6.07, 6.45) is 3.01. The van der Waals surface area contributed by atoms with E-state index in [0.717, 1.165) is 61.3 Å². The molecule has 0 aliphatic carbocycles. The number of carboxylic acid groups (broad SMARTS) is 4. The van der Waals surface area contributed by atoms with Gasteiger partial charge in [-0.05, 0) is 73.1 Å². The Morgan fingerprint density at radius 3 is 2.00 bits per heavy atom. The number of aromatic nitrogens is 2. The molecule has 0 unspecified atom stereocenters. The Labute approximate surface area is 277 Å². The van der Waals surface area contributed by atoms with Gasteiger partial charge in [0.2, 0.25) is 0 Å². The molecule has 1 fully saturated rings. The zero-order chi connectivity index (χ0) is 35.2. The molecule has 0 radical (unpaired) electrons. The van der Waals surface area contributed by atoms with E-state index in [-0.39, 0.29) is 5.82 Å². The number of hydrogen-bond acceptors (Lipinski definition) is 13. The van der Waals surface area contributed by atoms with Gasteiger partial charge < -0.3 is 54.4 Å². The maximum atomic E-state index is 13.4. The summed E-state index contributed by atoms with van der Waals surface area (Å²) in [4.78, 5) is 67.6. The predicted molar refractivity (Wildman–Crippen MR) is 160 cm³/mol. The molecule has 0 bridgehead atoms. The Balaban J connectivity index is 0.000000446. The van der Waals surface area contributed by atoms with Crippen molar-refractivity contribution in [1.29, 1.82) is 0 Å². The molecule has 254 valence electrons. The first-order chi connectivity index (χ1) is 22.8. The molecule has 0 saturated carbocycles. The lowest BCUT2D eigenvalue weighted by Crippen LogP contribution is -2.42. The van der Waals surface area contributed by atoms with E-state index in [9.17, 15) is 14.0 Å². The number of amides is 1. The van der Waals surface area contributed by atoms with Gasteiger partial charge in [0.05, 0.1) is 39.8 Å². The Kier molecular flexibility index (Phi) is 13.9. The van der Waals surface area contributed by atoms with Gasteiger partial charge in [0.25, 0.3) is 11.7 Å². The molecule has 16 heteroatoms. The van der Waals surface area contributed by atoms with Crippen LogP contribution in [0, 0.1) is 11.7 Å². The number of hydrogen-bond donors (Lipinski definition) is 1. The number of imidazole rings is 1. The van der Waals surface area contributed by atoms with E-state index in [1.165, 1.54) is 23.5 Å². The zero-order valence-electron chi connectivity index (χ0n) is 25.3. The van der Waals surface area contributed by atoms with Gasteiger partial charge in [0.1, 0.15) is 11.6 Å². The first kappa shape index (κ1) is 37.0. The Morgan fingerprint density at radius 2 is 1.44 bits per heavy atom. The molecule has 1 aliphatic heterocycles. The minimum atomic E-state index is -2.19. The lowest BCUT2D eigenvalue weighted by Gasteiger charge is -2.31. The van der Waals surface area contributed by atoms with Crippen molar-refractivity contribution in [2.24, 2.45) is 5.92 Å². The molecule has 5 rings (SSSR count). The molecule has 0 spiro atoms. The number of aliphatic carboxylic acids is 4. The lowest BCUT2D eigenvalue weighted by atomic mass is 9.93. The number of nitrogens with zero attached hydrogens (tertiary/aromatic N) is 3. The van der Waals surface area contributed by atoms with Crippen LogP contribution in [0.5, 0.6) is 0 Å². The second-order valence-electron chi connectivity index (χ2n) is 10.4. The lowest BCUT2D eigenvalue weighted by molar-refractivity contribution is -0.345. The fourth-order valence-corrected chi connectivity index (χ4v) is 5.49. The number of likely N-dealkylation sites (tertiary alicyclic amines) is 1. The van der Waals surface area contributed by atoms with Crippen LogP contribution >= 0.6 is 11.3 Å². The number of halogens is 1. The van der Waals surface area contributed by atoms with E-state index in [1.54, 1.807) is 17.5 Å². The normalized spacial score (nSPS) is 12.9. The van der Waals surface area contributed by atoms with Crippen LogP contribution in [-0.2, 0) is 36.9 Å². The second kappa shape index (κ2) is 18.0. The van der Waals surface area contributed by atoms with Gasteiger partial charge in [0, 0.05) is 26.1 Å². The van der Waals surface area contributed by atoms with Crippen molar-refractivity contribution >= 4 is 57.9 Å². The molecule has 3 heterocycles. The van der Waals surface area contributed by atoms with Crippen LogP contribution in [0.2, 0.25) is 0 Å². The molecular formula is C32H29FN4O10S-4. The topological polar surface area (TPSA) is 228 Å². The third-order valence-electron chi connectivity index (χ3n) is 7.16. The average Bonchev–Trinajstić information content (AvgIpc) is 3.72. The van der Waals surface area contributed by atoms with E-state index < -0.39 is 35.6 Å². The predicted octanol–water partition coefficient (Wildman–Crippen LogP) is -2.49. The smallest absolute Gasteiger partial charge is 0.293 e. The standard InChI is InChI=1S/C28H29FN4O2S.2C2H2O4/c29-22-9-7-21(8-10-22)19-33-24-5-2-1-4-23(24)31-26(33)18-20-11-14-32(15-12-20)16-13-30-28(35)27(34)25-6-3-17-36-25;2*3-1(4)2(5)6/h1-10,17,20H,11-16,18-19H2,(H,30,35);2*(H,3,4)(H,5,6)/p-4. The van der Waals surface area contributed by atoms with Crippen LogP contribution < -0.4 is 25.7 Å². The highest BCUT2D eigenvalue weighted by atomic mass is 32.1. The van der Waals surface area contributed by atoms with Gasteiger partial charge in [-0.1, -0.05) is 30.3 Å². The number of para-hydroxylation sites is 2. The van der Waals surface area contributed by atoms with E-state index in [1.807, 2.05) is 30.3 Å². The molecule has 0 atom stereocenters. The summed E-state index contributed by atoms with van der Waals surface area (Å²) in [7, 11) is 0. The molecule has 1 N–H and O–H groups in total. The first-order valence-corrected chi connectivity index (χ1v) is 15.3. The maximum Gasteiger partial charge on any atom is 0.293 e. The van der Waals surface area contributed by atoms with Crippen molar-refractivity contribution in [1.82, 2.24) is 19.8 Å². The number of thiophene rings is 1. The minimum absolute atomic E-state index is 0.227. The molecule has 2 aromatic carbocycles. The summed E-state index contributed by atoms with van der Waals surface area (Å²) < 4.78 is 15.6. The zero-order valence-corrected chi connectivity index (χ0v) is 26.1. The fraction of sp³-hybridized carbons (Fsp3) is 0.281. The van der Waals surface area contributed by atoms with Crippen LogP contribution in [0.25, 0.3) is 11.0 Å². The Morgan fingerprint density at radius 1 is 0.833 bits per heavy atom. The third-order valence-corrected chi connectivity index (χ3v) is 8.03. The second-order valence-corrected chi connectivity index (χ2v) is 11.4. The first-order valence-electron chi connectivity index (χ1n) is 14.5. The van der Waals surface area contributed by atoms with Crippen LogP contribution in [-0.4, -0.2) is 76.2 Å².